The summed E-state index contributed by atoms with van der Waals surface area (Å²) in [5.41, 5.74) is 5.37. The Kier molecular flexibility index (Phi) is 6.99. The lowest BCUT2D eigenvalue weighted by molar-refractivity contribution is -0.119. The summed E-state index contributed by atoms with van der Waals surface area (Å²) in [5, 5.41) is 2.70. The molecule has 2 aromatic carbocycles. The van der Waals surface area contributed by atoms with Crippen LogP contribution in [0.2, 0.25) is 0 Å². The number of amides is 2. The van der Waals surface area contributed by atoms with Crippen LogP contribution in [0.4, 0.5) is 4.39 Å². The molecule has 144 valence electrons. The molecule has 2 rings (SSSR count). The Hall–Kier alpha value is -3.29. The predicted octanol–water partition coefficient (Wildman–Crippen LogP) is 1.90. The van der Waals surface area contributed by atoms with Crippen LogP contribution in [0.1, 0.15) is 17.3 Å². The minimum atomic E-state index is -0.622. The zero-order valence-corrected chi connectivity index (χ0v) is 15.0. The molecular formula is C19H21FN2O5. The van der Waals surface area contributed by atoms with Gasteiger partial charge in [0.25, 0.3) is 11.8 Å². The van der Waals surface area contributed by atoms with Crippen molar-refractivity contribution in [3.05, 3.63) is 53.8 Å². The first-order chi connectivity index (χ1) is 12.9. The van der Waals surface area contributed by atoms with Crippen LogP contribution in [-0.4, -0.2) is 38.2 Å². The number of halogens is 1. The maximum Gasteiger partial charge on any atom is 0.255 e. The third kappa shape index (κ3) is 5.88. The van der Waals surface area contributed by atoms with Crippen molar-refractivity contribution in [3.63, 3.8) is 0 Å². The summed E-state index contributed by atoms with van der Waals surface area (Å²) in [5.74, 6) is -0.742. The van der Waals surface area contributed by atoms with E-state index in [0.717, 1.165) is 0 Å². The van der Waals surface area contributed by atoms with Gasteiger partial charge in [-0.05, 0) is 37.3 Å². The van der Waals surface area contributed by atoms with Crippen molar-refractivity contribution in [3.8, 4) is 17.2 Å². The Labute approximate surface area is 156 Å². The fourth-order valence-corrected chi connectivity index (χ4v) is 2.21. The van der Waals surface area contributed by atoms with Crippen molar-refractivity contribution < 1.29 is 28.2 Å². The van der Waals surface area contributed by atoms with Gasteiger partial charge in [0.1, 0.15) is 6.10 Å². The maximum absolute atomic E-state index is 13.6. The molecule has 27 heavy (non-hydrogen) atoms. The first-order valence-electron chi connectivity index (χ1n) is 8.19. The Balaban J connectivity index is 1.95. The minimum absolute atomic E-state index is 0.122. The van der Waals surface area contributed by atoms with Gasteiger partial charge in [-0.3, -0.25) is 9.59 Å². The highest BCUT2D eigenvalue weighted by molar-refractivity contribution is 5.94. The molecule has 3 N–H and O–H groups in total. The number of carbonyl (C=O) groups is 2. The molecule has 0 radical (unpaired) electrons. The molecule has 0 saturated heterocycles. The topological polar surface area (TPSA) is 99.9 Å². The number of benzene rings is 2. The number of hydrogen-bond acceptors (Lipinski definition) is 5. The third-order valence-corrected chi connectivity index (χ3v) is 3.51. The van der Waals surface area contributed by atoms with Gasteiger partial charge in [-0.2, -0.15) is 0 Å². The van der Waals surface area contributed by atoms with Gasteiger partial charge in [-0.25, -0.2) is 4.39 Å². The summed E-state index contributed by atoms with van der Waals surface area (Å²) < 4.78 is 29.4. The van der Waals surface area contributed by atoms with Gasteiger partial charge < -0.3 is 25.3 Å². The van der Waals surface area contributed by atoms with Crippen LogP contribution in [-0.2, 0) is 4.79 Å². The fraction of sp³-hybridized carbons (Fsp3) is 0.263. The molecule has 7 nitrogen and oxygen atoms in total. The lowest BCUT2D eigenvalue weighted by atomic mass is 10.2. The van der Waals surface area contributed by atoms with Gasteiger partial charge in [0.05, 0.1) is 13.7 Å². The summed E-state index contributed by atoms with van der Waals surface area (Å²) in [6.07, 6.45) is -0.439. The molecule has 1 unspecified atom stereocenters. The SMILES string of the molecule is COc1cc(C(=O)NCC(C)Oc2ccccc2F)ccc1OCC(N)=O. The van der Waals surface area contributed by atoms with Gasteiger partial charge in [0.15, 0.2) is 29.7 Å². The van der Waals surface area contributed by atoms with E-state index in [-0.39, 0.29) is 24.8 Å². The van der Waals surface area contributed by atoms with Gasteiger partial charge in [-0.15, -0.1) is 0 Å². The summed E-state index contributed by atoms with van der Waals surface area (Å²) in [6, 6.07) is 10.6. The second-order valence-electron chi connectivity index (χ2n) is 5.69. The molecular weight excluding hydrogens is 355 g/mol. The zero-order chi connectivity index (χ0) is 19.8. The largest absolute Gasteiger partial charge is 0.493 e. The lowest BCUT2D eigenvalue weighted by Crippen LogP contribution is -2.33. The highest BCUT2D eigenvalue weighted by Gasteiger charge is 2.14. The Morgan fingerprint density at radius 1 is 1.15 bits per heavy atom. The van der Waals surface area contributed by atoms with Crippen LogP contribution in [0, 0.1) is 5.82 Å². The molecule has 1 atom stereocenters. The molecule has 0 spiro atoms. The Morgan fingerprint density at radius 3 is 2.56 bits per heavy atom. The number of rotatable bonds is 9. The van der Waals surface area contributed by atoms with Crippen molar-refractivity contribution in [2.24, 2.45) is 5.73 Å². The first-order valence-corrected chi connectivity index (χ1v) is 8.19. The summed E-state index contributed by atoms with van der Waals surface area (Å²) in [4.78, 5) is 23.1. The van der Waals surface area contributed by atoms with Crippen LogP contribution in [0.5, 0.6) is 17.2 Å². The fourth-order valence-electron chi connectivity index (χ4n) is 2.21. The molecule has 0 saturated carbocycles. The first kappa shape index (κ1) is 20.0. The quantitative estimate of drug-likeness (QED) is 0.696. The van der Waals surface area contributed by atoms with Crippen molar-refractivity contribution in [2.45, 2.75) is 13.0 Å². The summed E-state index contributed by atoms with van der Waals surface area (Å²) in [6.45, 7) is 1.59. The van der Waals surface area contributed by atoms with E-state index in [4.69, 9.17) is 19.9 Å². The number of hydrogen-bond donors (Lipinski definition) is 2. The molecule has 0 aliphatic heterocycles. The second kappa shape index (κ2) is 9.42. The van der Waals surface area contributed by atoms with E-state index >= 15 is 0 Å². The Bertz CT molecular complexity index is 812. The molecule has 0 aliphatic rings. The number of methoxy groups -OCH3 is 1. The monoisotopic (exact) mass is 376 g/mol. The van der Waals surface area contributed by atoms with E-state index in [9.17, 15) is 14.0 Å². The van der Waals surface area contributed by atoms with Crippen LogP contribution in [0.3, 0.4) is 0 Å². The predicted molar refractivity (Wildman–Crippen MR) is 96.5 cm³/mol. The molecule has 2 amide bonds. The maximum atomic E-state index is 13.6. The van der Waals surface area contributed by atoms with Crippen molar-refractivity contribution in [1.29, 1.82) is 0 Å². The van der Waals surface area contributed by atoms with Crippen LogP contribution in [0.25, 0.3) is 0 Å². The average molecular weight is 376 g/mol. The smallest absolute Gasteiger partial charge is 0.255 e. The van der Waals surface area contributed by atoms with Crippen LogP contribution in [0.15, 0.2) is 42.5 Å². The number of carbonyl (C=O) groups excluding carboxylic acids is 2. The molecule has 8 heteroatoms. The second-order valence-corrected chi connectivity index (χ2v) is 5.69. The minimum Gasteiger partial charge on any atom is -0.493 e. The number of nitrogens with two attached hydrogens (primary N) is 1. The standard InChI is InChI=1S/C19H21FN2O5/c1-12(27-15-6-4-3-5-14(15)20)10-22-19(24)13-7-8-16(17(9-13)25-2)26-11-18(21)23/h3-9,12H,10-11H2,1-2H3,(H2,21,23)(H,22,24). The Morgan fingerprint density at radius 2 is 1.89 bits per heavy atom. The zero-order valence-electron chi connectivity index (χ0n) is 15.0. The molecule has 0 bridgehead atoms. The molecule has 0 fully saturated rings. The van der Waals surface area contributed by atoms with E-state index in [1.165, 1.54) is 37.4 Å². The molecule has 0 aromatic heterocycles. The van der Waals surface area contributed by atoms with Gasteiger partial charge in [-0.1, -0.05) is 12.1 Å². The summed E-state index contributed by atoms with van der Waals surface area (Å²) in [7, 11) is 1.42. The van der Waals surface area contributed by atoms with Crippen molar-refractivity contribution in [2.75, 3.05) is 20.3 Å². The van der Waals surface area contributed by atoms with Crippen molar-refractivity contribution in [1.82, 2.24) is 5.32 Å². The van der Waals surface area contributed by atoms with E-state index in [1.54, 1.807) is 19.1 Å². The van der Waals surface area contributed by atoms with Crippen LogP contribution >= 0.6 is 0 Å². The molecule has 2 aromatic rings. The number of para-hydroxylation sites is 1. The van der Waals surface area contributed by atoms with E-state index < -0.39 is 17.8 Å². The highest BCUT2D eigenvalue weighted by atomic mass is 19.1. The highest BCUT2D eigenvalue weighted by Crippen LogP contribution is 2.28. The van der Waals surface area contributed by atoms with E-state index in [2.05, 4.69) is 5.32 Å². The van der Waals surface area contributed by atoms with Gasteiger partial charge in [0.2, 0.25) is 0 Å². The number of primary amides is 1. The lowest BCUT2D eigenvalue weighted by Gasteiger charge is -2.16. The normalized spacial score (nSPS) is 11.4. The molecule has 0 aliphatic carbocycles. The number of ether oxygens (including phenoxy) is 3. The van der Waals surface area contributed by atoms with Crippen molar-refractivity contribution >= 4 is 11.8 Å². The van der Waals surface area contributed by atoms with Gasteiger partial charge >= 0.3 is 0 Å². The number of nitrogens with one attached hydrogen (secondary N) is 1. The van der Waals surface area contributed by atoms with Crippen LogP contribution < -0.4 is 25.3 Å². The summed E-state index contributed by atoms with van der Waals surface area (Å²) >= 11 is 0. The van der Waals surface area contributed by atoms with Gasteiger partial charge in [0, 0.05) is 5.56 Å². The van der Waals surface area contributed by atoms with E-state index in [1.807, 2.05) is 0 Å². The molecule has 0 heterocycles. The third-order valence-electron chi connectivity index (χ3n) is 3.51. The average Bonchev–Trinajstić information content (AvgIpc) is 2.66. The van der Waals surface area contributed by atoms with E-state index in [0.29, 0.717) is 17.1 Å².